The van der Waals surface area contributed by atoms with Gasteiger partial charge < -0.3 is 5.32 Å². The van der Waals surface area contributed by atoms with Gasteiger partial charge in [-0.2, -0.15) is 5.10 Å². The molecule has 3 nitrogen and oxygen atoms in total. The second kappa shape index (κ2) is 6.95. The molecule has 0 amide bonds. The van der Waals surface area contributed by atoms with E-state index in [1.54, 1.807) is 0 Å². The first kappa shape index (κ1) is 16.5. The lowest BCUT2D eigenvalue weighted by Gasteiger charge is -2.43. The Morgan fingerprint density at radius 2 is 2.14 bits per heavy atom. The van der Waals surface area contributed by atoms with Gasteiger partial charge in [0.1, 0.15) is 0 Å². The highest BCUT2D eigenvalue weighted by Crippen LogP contribution is 2.42. The van der Waals surface area contributed by atoms with Crippen LogP contribution in [0.2, 0.25) is 0 Å². The van der Waals surface area contributed by atoms with Crippen LogP contribution in [-0.4, -0.2) is 22.4 Å². The van der Waals surface area contributed by atoms with Crippen molar-refractivity contribution in [3.05, 3.63) is 17.5 Å². The second-order valence-corrected chi connectivity index (χ2v) is 7.31. The van der Waals surface area contributed by atoms with Gasteiger partial charge in [-0.3, -0.25) is 4.68 Å². The van der Waals surface area contributed by atoms with Gasteiger partial charge in [0.05, 0.1) is 5.69 Å². The molecule has 1 aromatic rings. The van der Waals surface area contributed by atoms with Crippen molar-refractivity contribution in [2.75, 3.05) is 6.54 Å². The minimum absolute atomic E-state index is 0.456. The molecule has 3 heteroatoms. The third kappa shape index (κ3) is 3.88. The molecule has 1 fully saturated rings. The van der Waals surface area contributed by atoms with Crippen LogP contribution in [-0.2, 0) is 19.9 Å². The SMILES string of the molecule is CCNC(Cc1cc(CC)nn1C)C1CCCCC1(C)C. The Morgan fingerprint density at radius 1 is 1.38 bits per heavy atom. The molecule has 0 spiro atoms. The van der Waals surface area contributed by atoms with Crippen molar-refractivity contribution in [1.29, 1.82) is 0 Å². The van der Waals surface area contributed by atoms with Crippen molar-refractivity contribution in [2.24, 2.45) is 18.4 Å². The number of rotatable bonds is 6. The summed E-state index contributed by atoms with van der Waals surface area (Å²) in [4.78, 5) is 0. The molecular weight excluding hydrogens is 258 g/mol. The molecule has 0 bridgehead atoms. The zero-order valence-corrected chi connectivity index (χ0v) is 14.6. The van der Waals surface area contributed by atoms with Gasteiger partial charge in [0.2, 0.25) is 0 Å². The normalized spacial score (nSPS) is 23.2. The molecule has 0 aromatic carbocycles. The molecule has 1 aliphatic rings. The number of likely N-dealkylation sites (N-methyl/N-ethyl adjacent to an activating group) is 1. The maximum absolute atomic E-state index is 4.61. The summed E-state index contributed by atoms with van der Waals surface area (Å²) in [6, 6.07) is 2.87. The van der Waals surface area contributed by atoms with Crippen molar-refractivity contribution in [1.82, 2.24) is 15.1 Å². The number of hydrogen-bond donors (Lipinski definition) is 1. The summed E-state index contributed by atoms with van der Waals surface area (Å²) < 4.78 is 2.08. The number of aryl methyl sites for hydroxylation is 2. The standard InChI is InChI=1S/C18H33N3/c1-6-14-12-15(21(5)20-14)13-17(19-7-2)16-10-8-9-11-18(16,3)4/h12,16-17,19H,6-11,13H2,1-5H3. The minimum atomic E-state index is 0.456. The zero-order chi connectivity index (χ0) is 15.5. The smallest absolute Gasteiger partial charge is 0.0624 e. The molecule has 1 N–H and O–H groups in total. The molecule has 1 aromatic heterocycles. The van der Waals surface area contributed by atoms with Gasteiger partial charge in [-0.05, 0) is 43.2 Å². The molecule has 2 unspecified atom stereocenters. The summed E-state index contributed by atoms with van der Waals surface area (Å²) in [7, 11) is 2.09. The summed E-state index contributed by atoms with van der Waals surface area (Å²) in [5, 5.41) is 8.38. The third-order valence-electron chi connectivity index (χ3n) is 5.36. The lowest BCUT2D eigenvalue weighted by Crippen LogP contribution is -2.46. The van der Waals surface area contributed by atoms with Crippen LogP contribution < -0.4 is 5.32 Å². The predicted octanol–water partition coefficient (Wildman–Crippen LogP) is 3.72. The van der Waals surface area contributed by atoms with Crippen LogP contribution in [0.5, 0.6) is 0 Å². The van der Waals surface area contributed by atoms with E-state index in [9.17, 15) is 0 Å². The van der Waals surface area contributed by atoms with Crippen LogP contribution in [0.25, 0.3) is 0 Å². The summed E-state index contributed by atoms with van der Waals surface area (Å²) in [5.41, 5.74) is 3.04. The van der Waals surface area contributed by atoms with Gasteiger partial charge in [0.25, 0.3) is 0 Å². The van der Waals surface area contributed by atoms with Gasteiger partial charge in [-0.15, -0.1) is 0 Å². The summed E-state index contributed by atoms with van der Waals surface area (Å²) >= 11 is 0. The first-order chi connectivity index (χ1) is 9.97. The average Bonchev–Trinajstić information content (AvgIpc) is 2.78. The number of nitrogens with one attached hydrogen (secondary N) is 1. The zero-order valence-electron chi connectivity index (χ0n) is 14.6. The van der Waals surface area contributed by atoms with E-state index in [1.807, 2.05) is 0 Å². The Bertz CT molecular complexity index is 447. The van der Waals surface area contributed by atoms with E-state index in [2.05, 4.69) is 55.9 Å². The summed E-state index contributed by atoms with van der Waals surface area (Å²) in [6.07, 6.45) is 7.64. The van der Waals surface area contributed by atoms with Crippen molar-refractivity contribution in [3.63, 3.8) is 0 Å². The fraction of sp³-hybridized carbons (Fsp3) is 0.833. The highest BCUT2D eigenvalue weighted by molar-refractivity contribution is 5.12. The molecule has 0 radical (unpaired) electrons. The van der Waals surface area contributed by atoms with Crippen LogP contribution in [0, 0.1) is 11.3 Å². The van der Waals surface area contributed by atoms with Gasteiger partial charge in [0.15, 0.2) is 0 Å². The molecule has 2 atom stereocenters. The minimum Gasteiger partial charge on any atom is -0.314 e. The molecular formula is C18H33N3. The van der Waals surface area contributed by atoms with E-state index in [-0.39, 0.29) is 0 Å². The van der Waals surface area contributed by atoms with Crippen LogP contribution in [0.3, 0.4) is 0 Å². The average molecular weight is 291 g/mol. The van der Waals surface area contributed by atoms with Crippen molar-refractivity contribution in [3.8, 4) is 0 Å². The topological polar surface area (TPSA) is 29.9 Å². The van der Waals surface area contributed by atoms with Crippen LogP contribution in [0.1, 0.15) is 64.8 Å². The van der Waals surface area contributed by atoms with Crippen molar-refractivity contribution < 1.29 is 0 Å². The number of nitrogens with zero attached hydrogens (tertiary/aromatic N) is 2. The molecule has 2 rings (SSSR count). The predicted molar refractivity (Wildman–Crippen MR) is 89.5 cm³/mol. The Balaban J connectivity index is 2.16. The highest BCUT2D eigenvalue weighted by atomic mass is 15.3. The van der Waals surface area contributed by atoms with Gasteiger partial charge >= 0.3 is 0 Å². The van der Waals surface area contributed by atoms with Gasteiger partial charge in [-0.1, -0.05) is 40.5 Å². The monoisotopic (exact) mass is 291 g/mol. The third-order valence-corrected chi connectivity index (χ3v) is 5.36. The van der Waals surface area contributed by atoms with E-state index in [4.69, 9.17) is 0 Å². The van der Waals surface area contributed by atoms with Crippen LogP contribution >= 0.6 is 0 Å². The van der Waals surface area contributed by atoms with Crippen molar-refractivity contribution in [2.45, 2.75) is 72.3 Å². The van der Waals surface area contributed by atoms with E-state index in [0.29, 0.717) is 11.5 Å². The quantitative estimate of drug-likeness (QED) is 0.865. The fourth-order valence-corrected chi connectivity index (χ4v) is 4.05. The highest BCUT2D eigenvalue weighted by Gasteiger charge is 2.37. The molecule has 1 saturated carbocycles. The summed E-state index contributed by atoms with van der Waals surface area (Å²) in [5.74, 6) is 0.770. The lowest BCUT2D eigenvalue weighted by molar-refractivity contribution is 0.0980. The molecule has 120 valence electrons. The first-order valence-corrected chi connectivity index (χ1v) is 8.73. The molecule has 1 heterocycles. The first-order valence-electron chi connectivity index (χ1n) is 8.73. The van der Waals surface area contributed by atoms with E-state index in [1.165, 1.54) is 37.1 Å². The van der Waals surface area contributed by atoms with Crippen molar-refractivity contribution >= 4 is 0 Å². The largest absolute Gasteiger partial charge is 0.314 e. The molecule has 1 aliphatic carbocycles. The van der Waals surface area contributed by atoms with E-state index in [0.717, 1.165) is 25.3 Å². The van der Waals surface area contributed by atoms with E-state index < -0.39 is 0 Å². The molecule has 21 heavy (non-hydrogen) atoms. The Kier molecular flexibility index (Phi) is 5.48. The maximum Gasteiger partial charge on any atom is 0.0624 e. The number of aromatic nitrogens is 2. The van der Waals surface area contributed by atoms with Gasteiger partial charge in [0, 0.05) is 25.2 Å². The molecule has 0 saturated heterocycles. The molecule has 0 aliphatic heterocycles. The van der Waals surface area contributed by atoms with Crippen LogP contribution in [0.4, 0.5) is 0 Å². The lowest BCUT2D eigenvalue weighted by atomic mass is 9.65. The van der Waals surface area contributed by atoms with Gasteiger partial charge in [-0.25, -0.2) is 0 Å². The van der Waals surface area contributed by atoms with E-state index >= 15 is 0 Å². The van der Waals surface area contributed by atoms with Crippen LogP contribution in [0.15, 0.2) is 6.07 Å². The Labute approximate surface area is 130 Å². The second-order valence-electron chi connectivity index (χ2n) is 7.31. The maximum atomic E-state index is 4.61. The Morgan fingerprint density at radius 3 is 2.71 bits per heavy atom. The summed E-state index contributed by atoms with van der Waals surface area (Å²) in [6.45, 7) is 10.4. The number of hydrogen-bond acceptors (Lipinski definition) is 2. The fourth-order valence-electron chi connectivity index (χ4n) is 4.05. The Hall–Kier alpha value is -0.830.